The van der Waals surface area contributed by atoms with E-state index < -0.39 is 5.97 Å². The fourth-order valence-corrected chi connectivity index (χ4v) is 1.59. The van der Waals surface area contributed by atoms with E-state index in [4.69, 9.17) is 5.11 Å². The molecule has 18 heavy (non-hydrogen) atoms. The molecule has 5 heteroatoms. The van der Waals surface area contributed by atoms with Crippen molar-refractivity contribution in [3.8, 4) is 0 Å². The van der Waals surface area contributed by atoms with Gasteiger partial charge in [0.25, 0.3) is 0 Å². The topological polar surface area (TPSA) is 79.3 Å². The van der Waals surface area contributed by atoms with Gasteiger partial charge >= 0.3 is 5.97 Å². The number of nitrogens with one attached hydrogen (secondary N) is 1. The monoisotopic (exact) mass is 250 g/mol. The van der Waals surface area contributed by atoms with Gasteiger partial charge in [0.2, 0.25) is 5.91 Å². The molecule has 0 saturated heterocycles. The Labute approximate surface area is 106 Å². The lowest BCUT2D eigenvalue weighted by Gasteiger charge is -2.20. The first-order valence-electron chi connectivity index (χ1n) is 5.89. The fourth-order valence-electron chi connectivity index (χ4n) is 1.59. The molecule has 1 rings (SSSR count). The Morgan fingerprint density at radius 1 is 1.33 bits per heavy atom. The second kappa shape index (κ2) is 6.74. The van der Waals surface area contributed by atoms with Crippen LogP contribution in [-0.4, -0.2) is 28.0 Å². The Bertz CT molecular complexity index is 404. The highest BCUT2D eigenvalue weighted by atomic mass is 16.4. The van der Waals surface area contributed by atoms with Crippen LogP contribution in [0.2, 0.25) is 0 Å². The van der Waals surface area contributed by atoms with Crippen LogP contribution in [0.5, 0.6) is 0 Å². The Kier molecular flexibility index (Phi) is 5.30. The van der Waals surface area contributed by atoms with E-state index in [9.17, 15) is 9.59 Å². The molecule has 0 bridgehead atoms. The number of nitrogens with zero attached hydrogens (tertiary/aromatic N) is 1. The summed E-state index contributed by atoms with van der Waals surface area (Å²) >= 11 is 0. The lowest BCUT2D eigenvalue weighted by Crippen LogP contribution is -2.40. The van der Waals surface area contributed by atoms with Crippen LogP contribution in [0.4, 0.5) is 0 Å². The van der Waals surface area contributed by atoms with E-state index in [1.54, 1.807) is 24.5 Å². The van der Waals surface area contributed by atoms with Crippen LogP contribution in [0.15, 0.2) is 24.5 Å². The van der Waals surface area contributed by atoms with Crippen molar-refractivity contribution in [3.05, 3.63) is 30.1 Å². The second-order valence-electron chi connectivity index (χ2n) is 4.55. The van der Waals surface area contributed by atoms with Crippen molar-refractivity contribution in [1.29, 1.82) is 0 Å². The molecular formula is C13H18N2O3. The number of amides is 1. The zero-order chi connectivity index (χ0) is 13.5. The first-order chi connectivity index (χ1) is 8.49. The quantitative estimate of drug-likeness (QED) is 0.796. The smallest absolute Gasteiger partial charge is 0.305 e. The molecule has 1 amide bonds. The molecule has 98 valence electrons. The molecule has 5 nitrogen and oxygen atoms in total. The Morgan fingerprint density at radius 3 is 2.44 bits per heavy atom. The predicted molar refractivity (Wildman–Crippen MR) is 67.0 cm³/mol. The highest BCUT2D eigenvalue weighted by Crippen LogP contribution is 2.07. The molecule has 2 N–H and O–H groups in total. The van der Waals surface area contributed by atoms with Crippen molar-refractivity contribution in [3.63, 3.8) is 0 Å². The van der Waals surface area contributed by atoms with Gasteiger partial charge in [-0.3, -0.25) is 14.6 Å². The molecule has 0 radical (unpaired) electrons. The molecule has 0 spiro atoms. The summed E-state index contributed by atoms with van der Waals surface area (Å²) in [6, 6.07) is 3.19. The number of aliphatic carboxylic acids is 1. The van der Waals surface area contributed by atoms with E-state index in [1.807, 2.05) is 13.8 Å². The summed E-state index contributed by atoms with van der Waals surface area (Å²) in [6.45, 7) is 3.78. The van der Waals surface area contributed by atoms with E-state index in [1.165, 1.54) is 0 Å². The minimum absolute atomic E-state index is 0.0558. The van der Waals surface area contributed by atoms with Gasteiger partial charge in [0.05, 0.1) is 12.8 Å². The van der Waals surface area contributed by atoms with Crippen LogP contribution in [0.1, 0.15) is 25.8 Å². The zero-order valence-electron chi connectivity index (χ0n) is 10.6. The van der Waals surface area contributed by atoms with Gasteiger partial charge in [0.1, 0.15) is 0 Å². The van der Waals surface area contributed by atoms with Crippen molar-refractivity contribution in [2.75, 3.05) is 0 Å². The third-order valence-corrected chi connectivity index (χ3v) is 2.66. The van der Waals surface area contributed by atoms with Crippen LogP contribution in [0, 0.1) is 5.92 Å². The van der Waals surface area contributed by atoms with Crippen molar-refractivity contribution in [2.24, 2.45) is 5.92 Å². The normalized spacial score (nSPS) is 12.2. The summed E-state index contributed by atoms with van der Waals surface area (Å²) in [5, 5.41) is 11.5. The number of carboxylic acid groups (broad SMARTS) is 1. The Hall–Kier alpha value is -1.91. The molecule has 0 unspecified atom stereocenters. The summed E-state index contributed by atoms with van der Waals surface area (Å²) in [4.78, 5) is 26.4. The largest absolute Gasteiger partial charge is 0.481 e. The molecule has 0 aromatic carbocycles. The van der Waals surface area contributed by atoms with Crippen molar-refractivity contribution in [1.82, 2.24) is 10.3 Å². The average molecular weight is 250 g/mol. The van der Waals surface area contributed by atoms with Crippen LogP contribution >= 0.6 is 0 Å². The van der Waals surface area contributed by atoms with Gasteiger partial charge in [-0.2, -0.15) is 0 Å². The number of rotatable bonds is 6. The first-order valence-corrected chi connectivity index (χ1v) is 5.89. The SMILES string of the molecule is CC(C)[C@@H](CC(=O)O)NC(=O)Cc1ccncc1. The van der Waals surface area contributed by atoms with Crippen molar-refractivity contribution in [2.45, 2.75) is 32.7 Å². The number of hydrogen-bond acceptors (Lipinski definition) is 3. The molecule has 1 aromatic heterocycles. The number of carbonyl (C=O) groups excluding carboxylic acids is 1. The number of carboxylic acids is 1. The number of aromatic nitrogens is 1. The van der Waals surface area contributed by atoms with Crippen LogP contribution in [0.3, 0.4) is 0 Å². The van der Waals surface area contributed by atoms with Gasteiger partial charge in [0.15, 0.2) is 0 Å². The van der Waals surface area contributed by atoms with E-state index in [0.717, 1.165) is 5.56 Å². The van der Waals surface area contributed by atoms with Crippen LogP contribution < -0.4 is 5.32 Å². The van der Waals surface area contributed by atoms with E-state index in [2.05, 4.69) is 10.3 Å². The molecule has 0 fully saturated rings. The second-order valence-corrected chi connectivity index (χ2v) is 4.55. The summed E-state index contributed by atoms with van der Waals surface area (Å²) < 4.78 is 0. The molecule has 0 aliphatic carbocycles. The fraction of sp³-hybridized carbons (Fsp3) is 0.462. The van der Waals surface area contributed by atoms with Gasteiger partial charge in [-0.15, -0.1) is 0 Å². The number of hydrogen-bond donors (Lipinski definition) is 2. The molecular weight excluding hydrogens is 232 g/mol. The minimum atomic E-state index is -0.905. The van der Waals surface area contributed by atoms with Gasteiger partial charge < -0.3 is 10.4 Å². The molecule has 1 heterocycles. The molecule has 0 saturated carbocycles. The van der Waals surface area contributed by atoms with Gasteiger partial charge in [-0.1, -0.05) is 13.8 Å². The van der Waals surface area contributed by atoms with E-state index >= 15 is 0 Å². The summed E-state index contributed by atoms with van der Waals surface area (Å²) in [6.07, 6.45) is 3.44. The lowest BCUT2D eigenvalue weighted by molar-refractivity contribution is -0.138. The van der Waals surface area contributed by atoms with Crippen LogP contribution in [-0.2, 0) is 16.0 Å². The maximum atomic E-state index is 11.8. The summed E-state index contributed by atoms with van der Waals surface area (Å²) in [5.41, 5.74) is 0.861. The standard InChI is InChI=1S/C13H18N2O3/c1-9(2)11(8-13(17)18)15-12(16)7-10-3-5-14-6-4-10/h3-6,9,11H,7-8H2,1-2H3,(H,15,16)(H,17,18)/t11-/m1/s1. The maximum absolute atomic E-state index is 11.8. The lowest BCUT2D eigenvalue weighted by atomic mass is 10.0. The zero-order valence-corrected chi connectivity index (χ0v) is 10.6. The van der Waals surface area contributed by atoms with Gasteiger partial charge in [0, 0.05) is 18.4 Å². The predicted octanol–water partition coefficient (Wildman–Crippen LogP) is 1.24. The average Bonchev–Trinajstić information content (AvgIpc) is 2.28. The maximum Gasteiger partial charge on any atom is 0.305 e. The molecule has 1 aromatic rings. The molecule has 0 aliphatic rings. The Balaban J connectivity index is 2.54. The third-order valence-electron chi connectivity index (χ3n) is 2.66. The molecule has 1 atom stereocenters. The molecule has 0 aliphatic heterocycles. The van der Waals surface area contributed by atoms with Crippen molar-refractivity contribution < 1.29 is 14.7 Å². The minimum Gasteiger partial charge on any atom is -0.481 e. The highest BCUT2D eigenvalue weighted by Gasteiger charge is 2.19. The number of pyridine rings is 1. The highest BCUT2D eigenvalue weighted by molar-refractivity contribution is 5.79. The van der Waals surface area contributed by atoms with E-state index in [-0.39, 0.29) is 30.7 Å². The summed E-state index contributed by atoms with van der Waals surface area (Å²) in [5.74, 6) is -0.985. The van der Waals surface area contributed by atoms with Gasteiger partial charge in [-0.25, -0.2) is 0 Å². The van der Waals surface area contributed by atoms with Crippen molar-refractivity contribution >= 4 is 11.9 Å². The van der Waals surface area contributed by atoms with Gasteiger partial charge in [-0.05, 0) is 23.6 Å². The number of carbonyl (C=O) groups is 2. The van der Waals surface area contributed by atoms with Crippen LogP contribution in [0.25, 0.3) is 0 Å². The summed E-state index contributed by atoms with van der Waals surface area (Å²) in [7, 11) is 0. The first kappa shape index (κ1) is 14.2. The van der Waals surface area contributed by atoms with E-state index in [0.29, 0.717) is 0 Å². The Morgan fingerprint density at radius 2 is 1.94 bits per heavy atom. The third kappa shape index (κ3) is 4.95.